The van der Waals surface area contributed by atoms with E-state index < -0.39 is 0 Å². The Morgan fingerprint density at radius 3 is 1.95 bits per heavy atom. The zero-order valence-electron chi connectivity index (χ0n) is 14.1. The van der Waals surface area contributed by atoms with Gasteiger partial charge in [-0.05, 0) is 35.1 Å². The molecule has 1 rings (SSSR count). The van der Waals surface area contributed by atoms with Crippen LogP contribution >= 0.6 is 12.4 Å². The standard InChI is InChI=1S/C17H28N2O.ClH/c1-16(2,3)14-9-7-13(8-10-14)15(20)19(6)12-17(4,5)11-18;/h7-10H,11-12,18H2,1-6H3;1H. The fourth-order valence-corrected chi connectivity index (χ4v) is 2.11. The van der Waals surface area contributed by atoms with Gasteiger partial charge in [0.2, 0.25) is 0 Å². The number of benzene rings is 1. The molecule has 0 aliphatic rings. The molecule has 0 spiro atoms. The van der Waals surface area contributed by atoms with Crippen LogP contribution in [0.2, 0.25) is 0 Å². The smallest absolute Gasteiger partial charge is 0.253 e. The number of nitrogens with zero attached hydrogens (tertiary/aromatic N) is 1. The monoisotopic (exact) mass is 312 g/mol. The first-order valence-electron chi connectivity index (χ1n) is 7.13. The fourth-order valence-electron chi connectivity index (χ4n) is 2.11. The van der Waals surface area contributed by atoms with Gasteiger partial charge in [0.25, 0.3) is 5.91 Å². The van der Waals surface area contributed by atoms with Crippen molar-refractivity contribution in [2.24, 2.45) is 11.1 Å². The second kappa shape index (κ2) is 7.28. The molecule has 1 amide bonds. The molecule has 0 heterocycles. The van der Waals surface area contributed by atoms with Crippen LogP contribution in [0.15, 0.2) is 24.3 Å². The summed E-state index contributed by atoms with van der Waals surface area (Å²) in [5.74, 6) is 0.0481. The minimum absolute atomic E-state index is 0. The predicted molar refractivity (Wildman–Crippen MR) is 92.2 cm³/mol. The molecule has 1 aromatic carbocycles. The highest BCUT2D eigenvalue weighted by Gasteiger charge is 2.22. The number of nitrogens with two attached hydrogens (primary N) is 1. The third kappa shape index (κ3) is 5.68. The minimum Gasteiger partial charge on any atom is -0.341 e. The molecule has 0 bridgehead atoms. The Bertz CT molecular complexity index is 461. The molecule has 0 unspecified atom stereocenters. The summed E-state index contributed by atoms with van der Waals surface area (Å²) in [6, 6.07) is 7.90. The van der Waals surface area contributed by atoms with E-state index in [1.54, 1.807) is 4.90 Å². The van der Waals surface area contributed by atoms with Gasteiger partial charge in [-0.15, -0.1) is 12.4 Å². The number of hydrogen-bond acceptors (Lipinski definition) is 2. The zero-order chi connectivity index (χ0) is 15.6. The van der Waals surface area contributed by atoms with Crippen molar-refractivity contribution in [2.45, 2.75) is 40.0 Å². The van der Waals surface area contributed by atoms with Gasteiger partial charge >= 0.3 is 0 Å². The fraction of sp³-hybridized carbons (Fsp3) is 0.588. The third-order valence-electron chi connectivity index (χ3n) is 3.56. The normalized spacial score (nSPS) is 11.8. The van der Waals surface area contributed by atoms with E-state index >= 15 is 0 Å². The summed E-state index contributed by atoms with van der Waals surface area (Å²) in [6.07, 6.45) is 0. The van der Waals surface area contributed by atoms with Crippen LogP contribution in [0, 0.1) is 5.41 Å². The lowest BCUT2D eigenvalue weighted by molar-refractivity contribution is 0.0740. The van der Waals surface area contributed by atoms with Crippen molar-refractivity contribution in [3.05, 3.63) is 35.4 Å². The second-order valence-corrected chi connectivity index (χ2v) is 7.36. The van der Waals surface area contributed by atoms with Crippen molar-refractivity contribution in [2.75, 3.05) is 20.1 Å². The van der Waals surface area contributed by atoms with Crippen molar-refractivity contribution < 1.29 is 4.79 Å². The highest BCUT2D eigenvalue weighted by atomic mass is 35.5. The summed E-state index contributed by atoms with van der Waals surface area (Å²) in [5.41, 5.74) is 7.73. The van der Waals surface area contributed by atoms with E-state index in [2.05, 4.69) is 34.6 Å². The molecule has 0 saturated heterocycles. The minimum atomic E-state index is -0.0598. The summed E-state index contributed by atoms with van der Waals surface area (Å²) >= 11 is 0. The molecular weight excluding hydrogens is 284 g/mol. The van der Waals surface area contributed by atoms with Crippen LogP contribution in [0.4, 0.5) is 0 Å². The van der Waals surface area contributed by atoms with Gasteiger partial charge in [-0.3, -0.25) is 4.79 Å². The molecule has 0 aliphatic carbocycles. The van der Waals surface area contributed by atoms with Crippen molar-refractivity contribution in [1.82, 2.24) is 4.90 Å². The molecule has 120 valence electrons. The Balaban J connectivity index is 0.00000400. The van der Waals surface area contributed by atoms with Crippen molar-refractivity contribution in [3.63, 3.8) is 0 Å². The van der Waals surface area contributed by atoms with Crippen molar-refractivity contribution in [3.8, 4) is 0 Å². The topological polar surface area (TPSA) is 46.3 Å². The van der Waals surface area contributed by atoms with Gasteiger partial charge in [0.15, 0.2) is 0 Å². The highest BCUT2D eigenvalue weighted by molar-refractivity contribution is 5.94. The number of amides is 1. The van der Waals surface area contributed by atoms with Gasteiger partial charge < -0.3 is 10.6 Å². The van der Waals surface area contributed by atoms with Gasteiger partial charge in [0.1, 0.15) is 0 Å². The van der Waals surface area contributed by atoms with Crippen molar-refractivity contribution in [1.29, 1.82) is 0 Å². The molecule has 0 atom stereocenters. The summed E-state index contributed by atoms with van der Waals surface area (Å²) in [5, 5.41) is 0. The van der Waals surface area contributed by atoms with Crippen LogP contribution < -0.4 is 5.73 Å². The first-order chi connectivity index (χ1) is 9.07. The molecule has 21 heavy (non-hydrogen) atoms. The number of rotatable bonds is 4. The molecule has 4 heteroatoms. The van der Waals surface area contributed by atoms with Crippen LogP contribution in [-0.4, -0.2) is 30.9 Å². The Morgan fingerprint density at radius 1 is 1.10 bits per heavy atom. The SMILES string of the molecule is CN(CC(C)(C)CN)C(=O)c1ccc(C(C)(C)C)cc1.Cl. The molecule has 0 saturated carbocycles. The van der Waals surface area contributed by atoms with Crippen LogP contribution in [0.1, 0.15) is 50.5 Å². The second-order valence-electron chi connectivity index (χ2n) is 7.36. The molecule has 0 aliphatic heterocycles. The average Bonchev–Trinajstić information content (AvgIpc) is 2.36. The number of carbonyl (C=O) groups excluding carboxylic acids is 1. The Morgan fingerprint density at radius 2 is 1.57 bits per heavy atom. The van der Waals surface area contributed by atoms with Crippen molar-refractivity contribution >= 4 is 18.3 Å². The van der Waals surface area contributed by atoms with Gasteiger partial charge in [0, 0.05) is 19.2 Å². The quantitative estimate of drug-likeness (QED) is 0.925. The molecule has 1 aromatic rings. The van der Waals surface area contributed by atoms with E-state index in [0.29, 0.717) is 13.1 Å². The molecule has 3 nitrogen and oxygen atoms in total. The van der Waals surface area contributed by atoms with E-state index in [4.69, 9.17) is 5.73 Å². The van der Waals surface area contributed by atoms with Gasteiger partial charge in [0.05, 0.1) is 0 Å². The van der Waals surface area contributed by atoms with Crippen LogP contribution in [-0.2, 0) is 5.41 Å². The summed E-state index contributed by atoms with van der Waals surface area (Å²) < 4.78 is 0. The Kier molecular flexibility index (Phi) is 6.91. The Hall–Kier alpha value is -1.06. The lowest BCUT2D eigenvalue weighted by Gasteiger charge is -2.29. The molecule has 0 radical (unpaired) electrons. The van der Waals surface area contributed by atoms with Gasteiger partial charge in [-0.25, -0.2) is 0 Å². The number of halogens is 1. The maximum atomic E-state index is 12.4. The van der Waals surface area contributed by atoms with E-state index in [-0.39, 0.29) is 29.1 Å². The van der Waals surface area contributed by atoms with E-state index in [0.717, 1.165) is 5.56 Å². The summed E-state index contributed by atoms with van der Waals surface area (Å²) in [4.78, 5) is 14.1. The number of carbonyl (C=O) groups is 1. The lowest BCUT2D eigenvalue weighted by atomic mass is 9.86. The summed E-state index contributed by atoms with van der Waals surface area (Å²) in [7, 11) is 1.83. The van der Waals surface area contributed by atoms with Crippen LogP contribution in [0.25, 0.3) is 0 Å². The predicted octanol–water partition coefficient (Wildman–Crippen LogP) is 3.46. The molecule has 0 fully saturated rings. The molecule has 0 aromatic heterocycles. The van der Waals surface area contributed by atoms with E-state index in [1.807, 2.05) is 31.3 Å². The van der Waals surface area contributed by atoms with Gasteiger partial charge in [-0.1, -0.05) is 46.8 Å². The Labute approximate surface area is 135 Å². The van der Waals surface area contributed by atoms with Crippen LogP contribution in [0.5, 0.6) is 0 Å². The molecule has 2 N–H and O–H groups in total. The largest absolute Gasteiger partial charge is 0.341 e. The zero-order valence-corrected chi connectivity index (χ0v) is 14.9. The maximum absolute atomic E-state index is 12.4. The number of hydrogen-bond donors (Lipinski definition) is 1. The maximum Gasteiger partial charge on any atom is 0.253 e. The first-order valence-corrected chi connectivity index (χ1v) is 7.13. The third-order valence-corrected chi connectivity index (χ3v) is 3.56. The van der Waals surface area contributed by atoms with Gasteiger partial charge in [-0.2, -0.15) is 0 Å². The summed E-state index contributed by atoms with van der Waals surface area (Å²) in [6.45, 7) is 11.9. The lowest BCUT2D eigenvalue weighted by Crippen LogP contribution is -2.39. The highest BCUT2D eigenvalue weighted by Crippen LogP contribution is 2.23. The average molecular weight is 313 g/mol. The molecular formula is C17H29ClN2O. The van der Waals surface area contributed by atoms with E-state index in [1.165, 1.54) is 5.56 Å². The van der Waals surface area contributed by atoms with Crippen LogP contribution in [0.3, 0.4) is 0 Å². The first kappa shape index (κ1) is 19.9. The van der Waals surface area contributed by atoms with E-state index in [9.17, 15) is 4.79 Å².